The number of hydrogen-bond acceptors (Lipinski definition) is 7. The van der Waals surface area contributed by atoms with Crippen LogP contribution in [0.25, 0.3) is 11.1 Å². The van der Waals surface area contributed by atoms with Crippen LogP contribution in [0, 0.1) is 5.41 Å². The summed E-state index contributed by atoms with van der Waals surface area (Å²) >= 11 is 0. The van der Waals surface area contributed by atoms with Crippen molar-refractivity contribution in [3.63, 3.8) is 0 Å². The molecule has 1 saturated heterocycles. The Balaban J connectivity index is 1.24. The Hall–Kier alpha value is -3.44. The molecule has 1 aliphatic carbocycles. The van der Waals surface area contributed by atoms with Crippen LogP contribution in [-0.4, -0.2) is 46.7 Å². The summed E-state index contributed by atoms with van der Waals surface area (Å²) in [6.07, 6.45) is 6.82. The first-order valence-corrected chi connectivity index (χ1v) is 18.7. The highest BCUT2D eigenvalue weighted by molar-refractivity contribution is 7.89. The molecule has 260 valence electrons. The second-order valence-corrected chi connectivity index (χ2v) is 15.5. The highest BCUT2D eigenvalue weighted by Crippen LogP contribution is 2.37. The number of primary sulfonamides is 1. The molecular weight excluding hydrogens is 628 g/mol. The summed E-state index contributed by atoms with van der Waals surface area (Å²) in [5, 5.41) is 8.44. The molecular formula is C38H50N2O7S. The first-order valence-electron chi connectivity index (χ1n) is 17.1. The second-order valence-electron chi connectivity index (χ2n) is 13.9. The van der Waals surface area contributed by atoms with E-state index in [1.807, 2.05) is 54.6 Å². The van der Waals surface area contributed by atoms with Gasteiger partial charge in [-0.25, -0.2) is 18.4 Å². The third-order valence-corrected chi connectivity index (χ3v) is 10.2. The number of carbonyl (C=O) groups excluding carboxylic acids is 1. The SMILES string of the molecule is CC(C)(C)C(COC(=O)NC[C@H](OC1CCCCO1)c1ccccc1)c1ccc(-c2ccc(S(N)(=O)=O)c(OC3CCCCC3)c2)cc1. The maximum atomic E-state index is 13.0. The molecule has 0 radical (unpaired) electrons. The summed E-state index contributed by atoms with van der Waals surface area (Å²) < 4.78 is 48.7. The summed E-state index contributed by atoms with van der Waals surface area (Å²) in [6.45, 7) is 7.50. The van der Waals surface area contributed by atoms with Crippen LogP contribution in [0.1, 0.15) is 95.3 Å². The van der Waals surface area contributed by atoms with E-state index in [1.165, 1.54) is 12.5 Å². The minimum atomic E-state index is -3.95. The van der Waals surface area contributed by atoms with E-state index in [2.05, 4.69) is 26.1 Å². The fourth-order valence-electron chi connectivity index (χ4n) is 6.43. The lowest BCUT2D eigenvalue weighted by atomic mass is 9.77. The molecule has 0 spiro atoms. The molecule has 48 heavy (non-hydrogen) atoms. The van der Waals surface area contributed by atoms with Gasteiger partial charge in [-0.1, -0.05) is 87.9 Å². The maximum absolute atomic E-state index is 13.0. The Morgan fingerprint density at radius 1 is 0.896 bits per heavy atom. The van der Waals surface area contributed by atoms with Gasteiger partial charge in [0.05, 0.1) is 12.6 Å². The van der Waals surface area contributed by atoms with Gasteiger partial charge in [-0.2, -0.15) is 0 Å². The average molecular weight is 679 g/mol. The fourth-order valence-corrected chi connectivity index (χ4v) is 7.08. The lowest BCUT2D eigenvalue weighted by Crippen LogP contribution is -2.34. The van der Waals surface area contributed by atoms with E-state index in [4.69, 9.17) is 24.1 Å². The minimum Gasteiger partial charge on any atom is -0.489 e. The number of amides is 1. The number of rotatable bonds is 12. The lowest BCUT2D eigenvalue weighted by molar-refractivity contribution is -0.188. The molecule has 3 aromatic rings. The topological polar surface area (TPSA) is 126 Å². The predicted octanol–water partition coefficient (Wildman–Crippen LogP) is 7.85. The number of carbonyl (C=O) groups is 1. The van der Waals surface area contributed by atoms with Gasteiger partial charge in [0.25, 0.3) is 0 Å². The van der Waals surface area contributed by atoms with E-state index in [0.717, 1.165) is 67.2 Å². The number of nitrogens with one attached hydrogen (secondary N) is 1. The van der Waals surface area contributed by atoms with Gasteiger partial charge in [0.2, 0.25) is 10.0 Å². The Bertz CT molecular complexity index is 1580. The van der Waals surface area contributed by atoms with E-state index in [9.17, 15) is 13.2 Å². The van der Waals surface area contributed by atoms with Crippen LogP contribution in [0.15, 0.2) is 77.7 Å². The number of alkyl carbamates (subject to hydrolysis) is 1. The van der Waals surface area contributed by atoms with Crippen LogP contribution in [-0.2, 0) is 24.2 Å². The maximum Gasteiger partial charge on any atom is 0.407 e. The van der Waals surface area contributed by atoms with Gasteiger partial charge < -0.3 is 24.3 Å². The smallest absolute Gasteiger partial charge is 0.407 e. The molecule has 1 amide bonds. The van der Waals surface area contributed by atoms with Crippen molar-refractivity contribution in [1.82, 2.24) is 5.32 Å². The molecule has 2 fully saturated rings. The third-order valence-electron chi connectivity index (χ3n) is 9.23. The van der Waals surface area contributed by atoms with Crippen LogP contribution in [0.3, 0.4) is 0 Å². The van der Waals surface area contributed by atoms with E-state index in [0.29, 0.717) is 12.4 Å². The number of benzene rings is 3. The summed E-state index contributed by atoms with van der Waals surface area (Å²) in [5.74, 6) is 0.216. The van der Waals surface area contributed by atoms with E-state index in [-0.39, 0.29) is 47.9 Å². The normalized spacial score (nSPS) is 18.9. The Labute approximate surface area is 285 Å². The van der Waals surface area contributed by atoms with Crippen molar-refractivity contribution < 1.29 is 32.2 Å². The van der Waals surface area contributed by atoms with Gasteiger partial charge in [0.15, 0.2) is 6.29 Å². The Kier molecular flexibility index (Phi) is 12.2. The van der Waals surface area contributed by atoms with Crippen LogP contribution in [0.4, 0.5) is 4.79 Å². The third kappa shape index (κ3) is 10.0. The first-order chi connectivity index (χ1) is 23.0. The van der Waals surface area contributed by atoms with Gasteiger partial charge in [0, 0.05) is 12.5 Å². The molecule has 1 saturated carbocycles. The summed E-state index contributed by atoms with van der Waals surface area (Å²) in [4.78, 5) is 13.0. The molecule has 1 aliphatic heterocycles. The van der Waals surface area contributed by atoms with E-state index in [1.54, 1.807) is 12.1 Å². The summed E-state index contributed by atoms with van der Waals surface area (Å²) in [7, 11) is -3.95. The first kappa shape index (κ1) is 35.9. The highest BCUT2D eigenvalue weighted by Gasteiger charge is 2.29. The zero-order chi connectivity index (χ0) is 34.1. The highest BCUT2D eigenvalue weighted by atomic mass is 32.2. The van der Waals surface area contributed by atoms with Crippen molar-refractivity contribution >= 4 is 16.1 Å². The molecule has 3 N–H and O–H groups in total. The average Bonchev–Trinajstić information content (AvgIpc) is 3.07. The number of nitrogens with two attached hydrogens (primary N) is 1. The molecule has 3 aromatic carbocycles. The van der Waals surface area contributed by atoms with Crippen LogP contribution in [0.5, 0.6) is 5.75 Å². The van der Waals surface area contributed by atoms with Crippen molar-refractivity contribution in [2.45, 2.75) is 101 Å². The molecule has 10 heteroatoms. The molecule has 0 aromatic heterocycles. The molecule has 5 rings (SSSR count). The summed E-state index contributed by atoms with van der Waals surface area (Å²) in [6, 6.07) is 22.9. The minimum absolute atomic E-state index is 0.000590. The van der Waals surface area contributed by atoms with Crippen molar-refractivity contribution in [2.75, 3.05) is 19.8 Å². The molecule has 3 atom stereocenters. The predicted molar refractivity (Wildman–Crippen MR) is 186 cm³/mol. The Morgan fingerprint density at radius 3 is 2.23 bits per heavy atom. The molecule has 2 unspecified atom stereocenters. The van der Waals surface area contributed by atoms with E-state index >= 15 is 0 Å². The lowest BCUT2D eigenvalue weighted by Gasteiger charge is -2.31. The molecule has 9 nitrogen and oxygen atoms in total. The van der Waals surface area contributed by atoms with Crippen LogP contribution < -0.4 is 15.2 Å². The zero-order valence-corrected chi connectivity index (χ0v) is 29.2. The van der Waals surface area contributed by atoms with Gasteiger partial charge in [-0.05, 0) is 84.7 Å². The quantitative estimate of drug-likeness (QED) is 0.200. The molecule has 1 heterocycles. The largest absolute Gasteiger partial charge is 0.489 e. The van der Waals surface area contributed by atoms with Crippen LogP contribution in [0.2, 0.25) is 0 Å². The van der Waals surface area contributed by atoms with Crippen molar-refractivity contribution in [2.24, 2.45) is 10.6 Å². The van der Waals surface area contributed by atoms with Crippen molar-refractivity contribution in [1.29, 1.82) is 0 Å². The molecule has 0 bridgehead atoms. The monoisotopic (exact) mass is 678 g/mol. The van der Waals surface area contributed by atoms with Gasteiger partial charge >= 0.3 is 6.09 Å². The van der Waals surface area contributed by atoms with Gasteiger partial charge in [-0.3, -0.25) is 0 Å². The fraction of sp³-hybridized carbons (Fsp3) is 0.500. The second kappa shape index (κ2) is 16.3. The number of ether oxygens (including phenoxy) is 4. The number of hydrogen-bond donors (Lipinski definition) is 2. The van der Waals surface area contributed by atoms with Crippen LogP contribution >= 0.6 is 0 Å². The standard InChI is InChI=1S/C38H50N2O7S/c1-38(2,3)32(26-45-37(41)40-25-34(29-12-6-4-7-13-29)47-36-16-10-11-23-44-36)28-19-17-27(18-20-28)30-21-22-35(48(39,42)43)33(24-30)46-31-14-8-5-9-15-31/h4,6-7,12-13,17-22,24,31-32,34,36H,5,8-11,14-16,23,25-26H2,1-3H3,(H,40,41)(H2,39,42,43)/t32?,34-,36?/m0/s1. The van der Waals surface area contributed by atoms with Gasteiger partial charge in [-0.15, -0.1) is 0 Å². The van der Waals surface area contributed by atoms with Gasteiger partial charge in [0.1, 0.15) is 23.4 Å². The molecule has 2 aliphatic rings. The zero-order valence-electron chi connectivity index (χ0n) is 28.4. The van der Waals surface area contributed by atoms with Crippen molar-refractivity contribution in [3.8, 4) is 16.9 Å². The van der Waals surface area contributed by atoms with E-state index < -0.39 is 16.1 Å². The number of sulfonamides is 1. The summed E-state index contributed by atoms with van der Waals surface area (Å²) in [5.41, 5.74) is 3.53. The van der Waals surface area contributed by atoms with Crippen molar-refractivity contribution in [3.05, 3.63) is 83.9 Å². The Morgan fingerprint density at radius 2 is 1.58 bits per heavy atom.